The number of hydrogen-bond acceptors (Lipinski definition) is 11. The first-order valence-corrected chi connectivity index (χ1v) is 20.7. The standard InChI is InChI=1S/C12H17NO.C10H15N.2C9H13N.C4H6O6.ClH.H2O4S/c1-10-12(14-9-8-13(10)2)11-6-4-3-5-7-11;1-9(11-2)8-10-6-4-3-5-7-10;2*1-8(10)7-9-5-3-2-4-6-9;5-1(3(7)8)2(6)4(9)10;;1-5(2,3)4/h3-7,10,12H,8-9H2,1-2H3;3-7,9,11H,8H2,1-2H3;2*2-6,8H,7,10H2,1H3;1-2,5-6H,(H,7,8)(H,9,10);1H;(H2,1,2,3,4)/t10-,12+;9-;2*8-;;;/m0000.../s1. The van der Waals surface area contributed by atoms with Crippen molar-refractivity contribution in [3.05, 3.63) is 144 Å². The Hall–Kier alpha value is -4.30. The van der Waals surface area contributed by atoms with Crippen LogP contribution in [0.15, 0.2) is 121 Å². The van der Waals surface area contributed by atoms with Gasteiger partial charge in [-0.2, -0.15) is 8.42 Å². The van der Waals surface area contributed by atoms with Crippen molar-refractivity contribution in [3.63, 3.8) is 0 Å². The van der Waals surface area contributed by atoms with E-state index < -0.39 is 34.5 Å². The van der Waals surface area contributed by atoms with Gasteiger partial charge in [-0.05, 0) is 83.3 Å². The molecule has 0 aromatic heterocycles. The average Bonchev–Trinajstić information content (AvgIpc) is 3.19. The minimum absolute atomic E-state index is 0. The van der Waals surface area contributed by atoms with Crippen LogP contribution < -0.4 is 16.8 Å². The molecule has 4 aromatic carbocycles. The summed E-state index contributed by atoms with van der Waals surface area (Å²) < 4.78 is 37.4. The quantitative estimate of drug-likeness (QED) is 0.0923. The second kappa shape index (κ2) is 33.3. The molecular weight excluding hydrogens is 828 g/mol. The van der Waals surface area contributed by atoms with Crippen LogP contribution in [0.1, 0.15) is 56.1 Å². The van der Waals surface area contributed by atoms with E-state index in [1.54, 1.807) is 0 Å². The van der Waals surface area contributed by atoms with Gasteiger partial charge in [0.25, 0.3) is 0 Å². The van der Waals surface area contributed by atoms with Gasteiger partial charge >= 0.3 is 22.3 Å². The van der Waals surface area contributed by atoms with Gasteiger partial charge in [0.15, 0.2) is 12.2 Å². The molecule has 1 fully saturated rings. The van der Waals surface area contributed by atoms with E-state index in [4.69, 9.17) is 54.2 Å². The van der Waals surface area contributed by atoms with Crippen LogP contribution in [0.2, 0.25) is 0 Å². The number of carboxylic acids is 2. The van der Waals surface area contributed by atoms with E-state index in [1.165, 1.54) is 22.3 Å². The second-order valence-corrected chi connectivity index (χ2v) is 15.0. The predicted molar refractivity (Wildman–Crippen MR) is 242 cm³/mol. The van der Waals surface area contributed by atoms with Gasteiger partial charge in [-0.25, -0.2) is 9.59 Å². The lowest BCUT2D eigenvalue weighted by atomic mass is 10.0. The number of nitrogens with two attached hydrogens (primary N) is 2. The van der Waals surface area contributed by atoms with E-state index in [0.717, 1.165) is 32.4 Å². The number of rotatable bonds is 11. The lowest BCUT2D eigenvalue weighted by Crippen LogP contribution is -2.42. The number of benzene rings is 4. The summed E-state index contributed by atoms with van der Waals surface area (Å²) in [5, 5.41) is 35.7. The molecular formula is C44H67ClN4O11S. The Kier molecular flexibility index (Phi) is 32.1. The second-order valence-electron chi connectivity index (χ2n) is 14.2. The summed E-state index contributed by atoms with van der Waals surface area (Å²) in [7, 11) is -0.517. The zero-order valence-electron chi connectivity index (χ0n) is 35.8. The van der Waals surface area contributed by atoms with Gasteiger partial charge in [0, 0.05) is 30.7 Å². The van der Waals surface area contributed by atoms with Crippen LogP contribution in [0.4, 0.5) is 0 Å². The largest absolute Gasteiger partial charge is 0.479 e. The van der Waals surface area contributed by atoms with Gasteiger partial charge in [0.2, 0.25) is 0 Å². The average molecular weight is 896 g/mol. The smallest absolute Gasteiger partial charge is 0.394 e. The Bertz CT molecular complexity index is 1730. The molecule has 11 N–H and O–H groups in total. The summed E-state index contributed by atoms with van der Waals surface area (Å²) in [5.41, 5.74) is 16.6. The molecule has 1 heterocycles. The number of likely N-dealkylation sites (N-methyl/N-ethyl adjacent to an activating group) is 2. The lowest BCUT2D eigenvalue weighted by Gasteiger charge is -2.37. The van der Waals surface area contributed by atoms with E-state index >= 15 is 0 Å². The third-order valence-corrected chi connectivity index (χ3v) is 8.49. The molecule has 7 atom stereocenters. The minimum Gasteiger partial charge on any atom is -0.479 e. The highest BCUT2D eigenvalue weighted by atomic mass is 35.5. The molecule has 342 valence electrons. The van der Waals surface area contributed by atoms with Gasteiger partial charge in [-0.3, -0.25) is 14.0 Å². The van der Waals surface area contributed by atoms with Gasteiger partial charge in [0.05, 0.1) is 12.7 Å². The first-order chi connectivity index (χ1) is 28.2. The molecule has 1 aliphatic rings. The molecule has 5 rings (SSSR count). The van der Waals surface area contributed by atoms with Crippen molar-refractivity contribution in [2.24, 2.45) is 11.5 Å². The van der Waals surface area contributed by atoms with Crippen molar-refractivity contribution < 1.29 is 52.3 Å². The molecule has 1 aliphatic heterocycles. The molecule has 17 heteroatoms. The molecule has 0 radical (unpaired) electrons. The number of nitrogens with zero attached hydrogens (tertiary/aromatic N) is 1. The minimum atomic E-state index is -4.67. The molecule has 61 heavy (non-hydrogen) atoms. The number of aliphatic hydroxyl groups excluding tert-OH is 2. The number of ether oxygens (including phenoxy) is 1. The third-order valence-electron chi connectivity index (χ3n) is 8.49. The van der Waals surface area contributed by atoms with Crippen LogP contribution >= 0.6 is 12.4 Å². The summed E-state index contributed by atoms with van der Waals surface area (Å²) in [6.45, 7) is 10.3. The monoisotopic (exact) mass is 894 g/mol. The van der Waals surface area contributed by atoms with Gasteiger partial charge < -0.3 is 41.9 Å². The lowest BCUT2D eigenvalue weighted by molar-refractivity contribution is -0.165. The summed E-state index contributed by atoms with van der Waals surface area (Å²) in [6, 6.07) is 43.2. The fourth-order valence-electron chi connectivity index (χ4n) is 5.23. The highest BCUT2D eigenvalue weighted by Crippen LogP contribution is 2.26. The highest BCUT2D eigenvalue weighted by Gasteiger charge is 2.29. The van der Waals surface area contributed by atoms with Gasteiger partial charge in [-0.15, -0.1) is 12.4 Å². The summed E-state index contributed by atoms with van der Waals surface area (Å²) >= 11 is 0. The van der Waals surface area contributed by atoms with Crippen molar-refractivity contribution in [2.45, 2.75) is 89.4 Å². The highest BCUT2D eigenvalue weighted by molar-refractivity contribution is 7.79. The third kappa shape index (κ3) is 31.2. The molecule has 0 saturated carbocycles. The summed E-state index contributed by atoms with van der Waals surface area (Å²) in [4.78, 5) is 21.9. The number of carboxylic acid groups (broad SMARTS) is 2. The number of carbonyl (C=O) groups is 2. The number of morpholine rings is 1. The molecule has 0 spiro atoms. The Morgan fingerprint density at radius 1 is 0.705 bits per heavy atom. The van der Waals surface area contributed by atoms with E-state index in [1.807, 2.05) is 69.4 Å². The summed E-state index contributed by atoms with van der Waals surface area (Å²) in [5.74, 6) is -3.54. The number of aliphatic carboxylic acids is 2. The first-order valence-electron chi connectivity index (χ1n) is 19.3. The normalized spacial score (nSPS) is 16.8. The molecule has 0 bridgehead atoms. The van der Waals surface area contributed by atoms with E-state index in [9.17, 15) is 9.59 Å². The van der Waals surface area contributed by atoms with Crippen molar-refractivity contribution in [1.29, 1.82) is 0 Å². The van der Waals surface area contributed by atoms with Crippen molar-refractivity contribution in [1.82, 2.24) is 10.2 Å². The molecule has 4 aromatic rings. The Labute approximate surface area is 367 Å². The van der Waals surface area contributed by atoms with Crippen LogP contribution in [-0.2, 0) is 44.0 Å². The van der Waals surface area contributed by atoms with Crippen molar-refractivity contribution in [2.75, 3.05) is 27.2 Å². The number of aliphatic hydroxyl groups is 2. The van der Waals surface area contributed by atoms with Crippen LogP contribution in [0.25, 0.3) is 0 Å². The molecule has 2 unspecified atom stereocenters. The van der Waals surface area contributed by atoms with E-state index in [-0.39, 0.29) is 30.6 Å². The van der Waals surface area contributed by atoms with Crippen LogP contribution in [0.5, 0.6) is 0 Å². The molecule has 1 saturated heterocycles. The van der Waals surface area contributed by atoms with Crippen molar-refractivity contribution in [3.8, 4) is 0 Å². The Morgan fingerprint density at radius 2 is 1.02 bits per heavy atom. The zero-order valence-corrected chi connectivity index (χ0v) is 37.4. The van der Waals surface area contributed by atoms with Gasteiger partial charge in [0.1, 0.15) is 0 Å². The Morgan fingerprint density at radius 3 is 1.31 bits per heavy atom. The SMILES string of the molecule is CN[C@@H](C)Cc1ccccc1.C[C@H](N)Cc1ccccc1.C[C@H](N)Cc1ccccc1.C[C@H]1[C@H](c2ccccc2)OCCN1C.Cl.O=C(O)C(O)C(O)C(=O)O.O=S(=O)(O)O. The maximum atomic E-state index is 9.77. The number of hydrogen-bond donors (Lipinski definition) is 9. The van der Waals surface area contributed by atoms with Crippen molar-refractivity contribution >= 4 is 34.7 Å². The number of nitrogens with one attached hydrogen (secondary N) is 1. The maximum absolute atomic E-state index is 9.77. The molecule has 0 aliphatic carbocycles. The van der Waals surface area contributed by atoms with Crippen LogP contribution in [0, 0.1) is 0 Å². The van der Waals surface area contributed by atoms with E-state index in [0.29, 0.717) is 12.1 Å². The van der Waals surface area contributed by atoms with Crippen LogP contribution in [0.3, 0.4) is 0 Å². The first kappa shape index (κ1) is 58.8. The summed E-state index contributed by atoms with van der Waals surface area (Å²) in [6.07, 6.45) is -1.25. The fraction of sp³-hybridized carbons (Fsp3) is 0.409. The molecule has 0 amide bonds. The Balaban J connectivity index is 0. The zero-order chi connectivity index (χ0) is 45.7. The van der Waals surface area contributed by atoms with Gasteiger partial charge in [-0.1, -0.05) is 121 Å². The topological polar surface area (TPSA) is 266 Å². The van der Waals surface area contributed by atoms with Crippen LogP contribution in [-0.4, -0.2) is 118 Å². The molecule has 15 nitrogen and oxygen atoms in total. The number of halogens is 1. The fourth-order valence-corrected chi connectivity index (χ4v) is 5.23. The maximum Gasteiger partial charge on any atom is 0.394 e. The predicted octanol–water partition coefficient (Wildman–Crippen LogP) is 4.71. The van der Waals surface area contributed by atoms with E-state index in [2.05, 4.69) is 104 Å².